The highest BCUT2D eigenvalue weighted by Crippen LogP contribution is 2.32. The number of aromatic nitrogens is 2. The summed E-state index contributed by atoms with van der Waals surface area (Å²) < 4.78 is 7.22. The van der Waals surface area contributed by atoms with Gasteiger partial charge in [-0.25, -0.2) is 9.78 Å². The zero-order chi connectivity index (χ0) is 18.8. The number of carboxylic acid groups (broad SMARTS) is 1. The molecular weight excluding hydrogens is 346 g/mol. The van der Waals surface area contributed by atoms with Crippen LogP contribution in [-0.4, -0.2) is 71.0 Å². The Balaban J connectivity index is 1.65. The van der Waals surface area contributed by atoms with Crippen molar-refractivity contribution in [1.29, 1.82) is 0 Å². The summed E-state index contributed by atoms with van der Waals surface area (Å²) in [4.78, 5) is 22.9. The zero-order valence-corrected chi connectivity index (χ0v) is 15.3. The summed E-state index contributed by atoms with van der Waals surface area (Å²) in [5, 5.41) is 12.8. The Hall–Kier alpha value is -2.71. The average molecular weight is 369 g/mol. The smallest absolute Gasteiger partial charge is 0.337 e. The summed E-state index contributed by atoms with van der Waals surface area (Å²) in [6.45, 7) is 7.02. The van der Waals surface area contributed by atoms with E-state index < -0.39 is 5.97 Å². The SMILES string of the molecule is CC1=C(c2nc3ccc(C(=O)O)cn3c2NCCN2CCOCC2)CC=N1. The van der Waals surface area contributed by atoms with Crippen LogP contribution in [0.2, 0.25) is 0 Å². The minimum atomic E-state index is -0.953. The van der Waals surface area contributed by atoms with Gasteiger partial charge in [0.2, 0.25) is 0 Å². The maximum absolute atomic E-state index is 11.4. The van der Waals surface area contributed by atoms with E-state index in [4.69, 9.17) is 9.72 Å². The second-order valence-corrected chi connectivity index (χ2v) is 6.72. The van der Waals surface area contributed by atoms with Crippen LogP contribution in [-0.2, 0) is 4.74 Å². The Morgan fingerprint density at radius 2 is 2.15 bits per heavy atom. The predicted octanol–water partition coefficient (Wildman–Crippen LogP) is 1.98. The van der Waals surface area contributed by atoms with Crippen molar-refractivity contribution >= 4 is 29.2 Å². The van der Waals surface area contributed by atoms with Gasteiger partial charge in [-0.2, -0.15) is 0 Å². The number of carbonyl (C=O) groups is 1. The molecule has 1 fully saturated rings. The molecule has 0 saturated carbocycles. The van der Waals surface area contributed by atoms with Crippen molar-refractivity contribution in [2.24, 2.45) is 4.99 Å². The van der Waals surface area contributed by atoms with Crippen LogP contribution >= 0.6 is 0 Å². The fraction of sp³-hybridized carbons (Fsp3) is 0.421. The normalized spacial score (nSPS) is 17.8. The van der Waals surface area contributed by atoms with Crippen LogP contribution in [0.4, 0.5) is 5.82 Å². The van der Waals surface area contributed by atoms with Gasteiger partial charge in [-0.1, -0.05) is 0 Å². The molecule has 2 N–H and O–H groups in total. The van der Waals surface area contributed by atoms with Gasteiger partial charge in [0.25, 0.3) is 0 Å². The molecule has 0 aliphatic carbocycles. The molecule has 27 heavy (non-hydrogen) atoms. The summed E-state index contributed by atoms with van der Waals surface area (Å²) in [6, 6.07) is 3.32. The molecule has 0 amide bonds. The molecule has 2 aromatic rings. The molecule has 1 saturated heterocycles. The third-order valence-corrected chi connectivity index (χ3v) is 4.99. The van der Waals surface area contributed by atoms with Crippen molar-refractivity contribution in [3.8, 4) is 0 Å². The van der Waals surface area contributed by atoms with Gasteiger partial charge in [0.05, 0.1) is 18.8 Å². The third kappa shape index (κ3) is 3.58. The number of aliphatic imine (C=N–C) groups is 1. The first-order valence-corrected chi connectivity index (χ1v) is 9.15. The van der Waals surface area contributed by atoms with Crippen molar-refractivity contribution in [2.45, 2.75) is 13.3 Å². The molecule has 4 rings (SSSR count). The van der Waals surface area contributed by atoms with Crippen molar-refractivity contribution in [1.82, 2.24) is 14.3 Å². The first-order chi connectivity index (χ1) is 13.1. The fourth-order valence-electron chi connectivity index (χ4n) is 3.48. The number of hydrogen-bond donors (Lipinski definition) is 2. The maximum Gasteiger partial charge on any atom is 0.337 e. The van der Waals surface area contributed by atoms with E-state index in [0.29, 0.717) is 0 Å². The topological polar surface area (TPSA) is 91.5 Å². The number of imidazole rings is 1. The number of hydrogen-bond acceptors (Lipinski definition) is 6. The predicted molar refractivity (Wildman–Crippen MR) is 104 cm³/mol. The Morgan fingerprint density at radius 1 is 1.33 bits per heavy atom. The van der Waals surface area contributed by atoms with Crippen LogP contribution in [0.1, 0.15) is 29.4 Å². The van der Waals surface area contributed by atoms with Crippen molar-refractivity contribution in [3.63, 3.8) is 0 Å². The number of morpholine rings is 1. The molecule has 8 nitrogen and oxygen atoms in total. The zero-order valence-electron chi connectivity index (χ0n) is 15.3. The molecule has 0 aromatic carbocycles. The first kappa shape index (κ1) is 17.7. The number of carboxylic acids is 1. The highest BCUT2D eigenvalue weighted by molar-refractivity contribution is 5.90. The number of anilines is 1. The summed E-state index contributed by atoms with van der Waals surface area (Å²) >= 11 is 0. The third-order valence-electron chi connectivity index (χ3n) is 4.99. The Labute approximate surface area is 157 Å². The molecule has 0 bridgehead atoms. The maximum atomic E-state index is 11.4. The van der Waals surface area contributed by atoms with Crippen LogP contribution < -0.4 is 5.32 Å². The number of nitrogens with one attached hydrogen (secondary N) is 1. The molecule has 0 spiro atoms. The lowest BCUT2D eigenvalue weighted by Crippen LogP contribution is -2.39. The van der Waals surface area contributed by atoms with Gasteiger partial charge >= 0.3 is 5.97 Å². The molecule has 0 radical (unpaired) electrons. The van der Waals surface area contributed by atoms with E-state index in [9.17, 15) is 9.90 Å². The molecule has 4 heterocycles. The standard InChI is InChI=1S/C19H23N5O3/c1-13-15(4-5-20-13)17-18(21-6-7-23-8-10-27-11-9-23)24-12-14(19(25)26)2-3-16(24)22-17/h2-3,5,12,21H,4,6-11H2,1H3,(H,25,26). The van der Waals surface area contributed by atoms with Crippen LogP contribution in [0.25, 0.3) is 11.2 Å². The Bertz CT molecular complexity index is 925. The van der Waals surface area contributed by atoms with Crippen molar-refractivity contribution < 1.29 is 14.6 Å². The summed E-state index contributed by atoms with van der Waals surface area (Å²) in [7, 11) is 0. The van der Waals surface area contributed by atoms with Gasteiger partial charge in [0.15, 0.2) is 0 Å². The second-order valence-electron chi connectivity index (χ2n) is 6.72. The summed E-state index contributed by atoms with van der Waals surface area (Å²) in [6.07, 6.45) is 4.24. The number of nitrogens with zero attached hydrogens (tertiary/aromatic N) is 4. The first-order valence-electron chi connectivity index (χ1n) is 9.15. The largest absolute Gasteiger partial charge is 0.478 e. The average Bonchev–Trinajstić information content (AvgIpc) is 3.25. The molecule has 142 valence electrons. The Morgan fingerprint density at radius 3 is 2.85 bits per heavy atom. The van der Waals surface area contributed by atoms with Gasteiger partial charge in [-0.3, -0.25) is 14.3 Å². The number of rotatable bonds is 6. The van der Waals surface area contributed by atoms with Gasteiger partial charge in [0.1, 0.15) is 17.2 Å². The minimum absolute atomic E-state index is 0.232. The van der Waals surface area contributed by atoms with Crippen molar-refractivity contribution in [3.05, 3.63) is 35.3 Å². The van der Waals surface area contributed by atoms with Crippen LogP contribution in [0.3, 0.4) is 0 Å². The Kier molecular flexibility index (Phi) is 4.91. The molecule has 0 unspecified atom stereocenters. The molecule has 2 aromatic heterocycles. The van der Waals surface area contributed by atoms with Crippen molar-refractivity contribution in [2.75, 3.05) is 44.7 Å². The summed E-state index contributed by atoms with van der Waals surface area (Å²) in [5.41, 5.74) is 3.82. The lowest BCUT2D eigenvalue weighted by Gasteiger charge is -2.26. The van der Waals surface area contributed by atoms with Crippen LogP contribution in [0, 0.1) is 0 Å². The number of allylic oxidation sites excluding steroid dienone is 2. The number of aromatic carboxylic acids is 1. The lowest BCUT2D eigenvalue weighted by atomic mass is 10.1. The van der Waals surface area contributed by atoms with Gasteiger partial charge in [-0.05, 0) is 19.1 Å². The van der Waals surface area contributed by atoms with E-state index in [1.807, 2.05) is 17.5 Å². The van der Waals surface area contributed by atoms with E-state index in [1.165, 1.54) is 0 Å². The minimum Gasteiger partial charge on any atom is -0.478 e. The van der Waals surface area contributed by atoms with E-state index >= 15 is 0 Å². The number of pyridine rings is 1. The highest BCUT2D eigenvalue weighted by atomic mass is 16.5. The molecular formula is C19H23N5O3. The molecule has 2 aliphatic heterocycles. The van der Waals surface area contributed by atoms with Crippen LogP contribution in [0.15, 0.2) is 29.0 Å². The second kappa shape index (κ2) is 7.50. The quantitative estimate of drug-likeness (QED) is 0.809. The highest BCUT2D eigenvalue weighted by Gasteiger charge is 2.21. The molecule has 8 heteroatoms. The van der Waals surface area contributed by atoms with E-state index in [-0.39, 0.29) is 5.56 Å². The van der Waals surface area contributed by atoms with Gasteiger partial charge in [0, 0.05) is 56.3 Å². The number of fused-ring (bicyclic) bond motifs is 1. The lowest BCUT2D eigenvalue weighted by molar-refractivity contribution is 0.0398. The fourth-order valence-corrected chi connectivity index (χ4v) is 3.48. The molecule has 0 atom stereocenters. The van der Waals surface area contributed by atoms with Crippen LogP contribution in [0.5, 0.6) is 0 Å². The van der Waals surface area contributed by atoms with E-state index in [0.717, 1.165) is 74.2 Å². The number of ether oxygens (including phenoxy) is 1. The molecule has 2 aliphatic rings. The monoisotopic (exact) mass is 369 g/mol. The van der Waals surface area contributed by atoms with Gasteiger partial charge < -0.3 is 15.2 Å². The van der Waals surface area contributed by atoms with Gasteiger partial charge in [-0.15, -0.1) is 0 Å². The van der Waals surface area contributed by atoms with E-state index in [2.05, 4.69) is 15.2 Å². The summed E-state index contributed by atoms with van der Waals surface area (Å²) in [5.74, 6) is -0.132. The van der Waals surface area contributed by atoms with E-state index in [1.54, 1.807) is 18.3 Å².